The molecule has 0 saturated carbocycles. The highest BCUT2D eigenvalue weighted by Crippen LogP contribution is 2.38. The van der Waals surface area contributed by atoms with Crippen LogP contribution in [0, 0.1) is 29.1 Å². The molecule has 3 aromatic carbocycles. The summed E-state index contributed by atoms with van der Waals surface area (Å²) >= 11 is 6.61. The first-order valence-electron chi connectivity index (χ1n) is 11.4. The van der Waals surface area contributed by atoms with Gasteiger partial charge < -0.3 is 21.1 Å². The van der Waals surface area contributed by atoms with Crippen molar-refractivity contribution in [3.05, 3.63) is 93.9 Å². The molecule has 1 aliphatic rings. The van der Waals surface area contributed by atoms with Crippen LogP contribution in [0.4, 0.5) is 39.0 Å². The van der Waals surface area contributed by atoms with Crippen molar-refractivity contribution in [2.45, 2.75) is 12.2 Å². The lowest BCUT2D eigenvalue weighted by Crippen LogP contribution is -2.30. The van der Waals surface area contributed by atoms with Gasteiger partial charge in [0.05, 0.1) is 12.2 Å². The number of carbonyl (C=O) groups excluding carboxylic acids is 2. The summed E-state index contributed by atoms with van der Waals surface area (Å²) < 4.78 is 74.7. The van der Waals surface area contributed by atoms with Crippen LogP contribution in [0.2, 0.25) is 5.02 Å². The highest BCUT2D eigenvalue weighted by atomic mass is 35.5. The fraction of sp³-hybridized carbons (Fsp3) is 0.115. The Bertz CT molecular complexity index is 1550. The summed E-state index contributed by atoms with van der Waals surface area (Å²) in [5.41, 5.74) is 4.53. The molecule has 0 radical (unpaired) electrons. The first-order chi connectivity index (χ1) is 19.0. The maximum atomic E-state index is 14.2. The summed E-state index contributed by atoms with van der Waals surface area (Å²) in [6, 6.07) is 12.7. The smallest absolute Gasteiger partial charge is 0.260 e. The molecule has 7 nitrogen and oxygen atoms in total. The monoisotopic (exact) mass is 596 g/mol. The number of amides is 2. The maximum absolute atomic E-state index is 14.2. The average molecular weight is 597 g/mol. The van der Waals surface area contributed by atoms with Crippen LogP contribution in [-0.4, -0.2) is 28.7 Å². The van der Waals surface area contributed by atoms with Crippen molar-refractivity contribution in [1.29, 1.82) is 0 Å². The third kappa shape index (κ3) is 5.75. The fourth-order valence-corrected chi connectivity index (χ4v) is 4.90. The van der Waals surface area contributed by atoms with Gasteiger partial charge in [-0.3, -0.25) is 9.59 Å². The molecule has 1 heterocycles. The highest BCUT2D eigenvalue weighted by molar-refractivity contribution is 8.16. The van der Waals surface area contributed by atoms with Gasteiger partial charge in [-0.1, -0.05) is 41.6 Å². The number of nitrogens with zero attached hydrogens (tertiary/aromatic N) is 1. The van der Waals surface area contributed by atoms with Crippen LogP contribution in [0.25, 0.3) is 0 Å². The predicted molar refractivity (Wildman–Crippen MR) is 142 cm³/mol. The Balaban J connectivity index is 1.75. The summed E-state index contributed by atoms with van der Waals surface area (Å²) in [4.78, 5) is 30.8. The lowest BCUT2D eigenvalue weighted by Gasteiger charge is -2.13. The van der Waals surface area contributed by atoms with Gasteiger partial charge in [0.25, 0.3) is 5.91 Å². The Labute approximate surface area is 233 Å². The Morgan fingerprint density at radius 1 is 0.975 bits per heavy atom. The molecule has 0 spiro atoms. The molecule has 1 atom stereocenters. The van der Waals surface area contributed by atoms with Crippen LogP contribution in [0.3, 0.4) is 0 Å². The van der Waals surface area contributed by atoms with E-state index in [1.807, 2.05) is 0 Å². The van der Waals surface area contributed by atoms with E-state index in [1.165, 1.54) is 12.1 Å². The van der Waals surface area contributed by atoms with Crippen LogP contribution in [0.15, 0.2) is 64.8 Å². The third-order valence-electron chi connectivity index (χ3n) is 5.41. The van der Waals surface area contributed by atoms with E-state index in [-0.39, 0.29) is 27.7 Å². The number of halogens is 6. The van der Waals surface area contributed by atoms with E-state index in [4.69, 9.17) is 22.1 Å². The van der Waals surface area contributed by atoms with E-state index in [0.717, 1.165) is 0 Å². The highest BCUT2D eigenvalue weighted by Gasteiger charge is 2.40. The predicted octanol–water partition coefficient (Wildman–Crippen LogP) is 6.07. The lowest BCUT2D eigenvalue weighted by atomic mass is 10.1. The van der Waals surface area contributed by atoms with Crippen molar-refractivity contribution in [2.24, 2.45) is 10.7 Å². The normalized spacial score (nSPS) is 15.9. The van der Waals surface area contributed by atoms with Crippen molar-refractivity contribution in [3.8, 4) is 5.75 Å². The molecule has 2 amide bonds. The van der Waals surface area contributed by atoms with Gasteiger partial charge in [0.2, 0.25) is 11.7 Å². The summed E-state index contributed by atoms with van der Waals surface area (Å²) in [7, 11) is 0. The number of nitrogens with one attached hydrogen (secondary N) is 2. The van der Waals surface area contributed by atoms with Crippen LogP contribution >= 0.6 is 23.4 Å². The molecule has 0 saturated heterocycles. The van der Waals surface area contributed by atoms with Crippen LogP contribution < -0.4 is 21.1 Å². The van der Waals surface area contributed by atoms with E-state index in [2.05, 4.69) is 10.3 Å². The van der Waals surface area contributed by atoms with Gasteiger partial charge in [0.15, 0.2) is 23.3 Å². The molecular formula is C26H18ClF5N4O3S. The molecule has 14 heteroatoms. The molecule has 0 aromatic heterocycles. The van der Waals surface area contributed by atoms with E-state index < -0.39 is 51.8 Å². The first kappa shape index (κ1) is 28.9. The van der Waals surface area contributed by atoms with Gasteiger partial charge in [-0.2, -0.15) is 0 Å². The SMILES string of the molecule is CCOc1ccccc1N=C1SC(C(=O)Nc2c(F)c(F)c(F)c(F)c2F)C(N)=C1C(=O)Nc1cccc(Cl)c1. The van der Waals surface area contributed by atoms with Gasteiger partial charge in [-0.05, 0) is 37.3 Å². The number of hydrogen-bond donors (Lipinski definition) is 3. The third-order valence-corrected chi connectivity index (χ3v) is 6.86. The number of thioether (sulfide) groups is 1. The molecule has 0 fully saturated rings. The Morgan fingerprint density at radius 2 is 1.62 bits per heavy atom. The van der Waals surface area contributed by atoms with E-state index >= 15 is 0 Å². The minimum atomic E-state index is -2.38. The number of rotatable bonds is 7. The Hall–Kier alpha value is -4.10. The number of hydrogen-bond acceptors (Lipinski definition) is 6. The number of nitrogens with two attached hydrogens (primary N) is 1. The van der Waals surface area contributed by atoms with Crippen molar-refractivity contribution in [3.63, 3.8) is 0 Å². The number of para-hydroxylation sites is 2. The molecule has 4 N–H and O–H groups in total. The zero-order chi connectivity index (χ0) is 29.1. The number of anilines is 2. The van der Waals surface area contributed by atoms with Crippen molar-refractivity contribution in [2.75, 3.05) is 17.2 Å². The molecule has 0 bridgehead atoms. The molecule has 4 rings (SSSR count). The summed E-state index contributed by atoms with van der Waals surface area (Å²) in [5.74, 6) is -13.1. The van der Waals surface area contributed by atoms with Gasteiger partial charge in [0.1, 0.15) is 27.4 Å². The summed E-state index contributed by atoms with van der Waals surface area (Å²) in [6.45, 7) is 2.04. The number of aliphatic imine (C=N–C) groups is 1. The van der Waals surface area contributed by atoms with Crippen LogP contribution in [0.1, 0.15) is 6.92 Å². The van der Waals surface area contributed by atoms with E-state index in [1.54, 1.807) is 48.6 Å². The second kappa shape index (κ2) is 12.0. The molecule has 1 aliphatic heterocycles. The zero-order valence-corrected chi connectivity index (χ0v) is 21.9. The van der Waals surface area contributed by atoms with Crippen LogP contribution in [0.5, 0.6) is 5.75 Å². The second-order valence-electron chi connectivity index (χ2n) is 8.04. The van der Waals surface area contributed by atoms with Crippen molar-refractivity contribution < 1.29 is 36.3 Å². The minimum Gasteiger partial charge on any atom is -0.492 e. The van der Waals surface area contributed by atoms with Gasteiger partial charge in [0, 0.05) is 16.4 Å². The number of benzene rings is 3. The largest absolute Gasteiger partial charge is 0.492 e. The van der Waals surface area contributed by atoms with Gasteiger partial charge >= 0.3 is 0 Å². The topological polar surface area (TPSA) is 106 Å². The first-order valence-corrected chi connectivity index (χ1v) is 12.7. The standard InChI is InChI=1S/C26H18ClF5N4O3S/c1-2-39-14-9-4-3-8-13(14)35-26-15(24(37)34-12-7-5-6-11(27)10-12)21(33)23(40-26)25(38)36-22-19(31)17(29)16(28)18(30)20(22)32/h3-10,23H,2,33H2,1H3,(H,34,37)(H,36,38). The Morgan fingerprint density at radius 3 is 2.27 bits per heavy atom. The number of carbonyl (C=O) groups is 2. The van der Waals surface area contributed by atoms with E-state index in [9.17, 15) is 31.5 Å². The maximum Gasteiger partial charge on any atom is 0.260 e. The lowest BCUT2D eigenvalue weighted by molar-refractivity contribution is -0.115. The second-order valence-corrected chi connectivity index (χ2v) is 9.57. The average Bonchev–Trinajstić information content (AvgIpc) is 3.25. The summed E-state index contributed by atoms with van der Waals surface area (Å²) in [5, 5.41) is 2.99. The molecule has 0 aliphatic carbocycles. The molecular weight excluding hydrogens is 579 g/mol. The quantitative estimate of drug-likeness (QED) is 0.174. The molecule has 40 heavy (non-hydrogen) atoms. The molecule has 1 unspecified atom stereocenters. The fourth-order valence-electron chi connectivity index (χ4n) is 3.59. The van der Waals surface area contributed by atoms with Crippen LogP contribution in [-0.2, 0) is 9.59 Å². The molecule has 3 aromatic rings. The van der Waals surface area contributed by atoms with Crippen molar-refractivity contribution >= 4 is 57.3 Å². The van der Waals surface area contributed by atoms with Gasteiger partial charge in [-0.25, -0.2) is 26.9 Å². The van der Waals surface area contributed by atoms with E-state index in [0.29, 0.717) is 29.1 Å². The zero-order valence-electron chi connectivity index (χ0n) is 20.3. The summed E-state index contributed by atoms with van der Waals surface area (Å²) in [6.07, 6.45) is 0. The molecule has 208 valence electrons. The number of ether oxygens (including phenoxy) is 1. The Kier molecular flexibility index (Phi) is 8.64. The minimum absolute atomic E-state index is 0.0678. The van der Waals surface area contributed by atoms with Gasteiger partial charge in [-0.15, -0.1) is 0 Å². The van der Waals surface area contributed by atoms with Crippen molar-refractivity contribution in [1.82, 2.24) is 0 Å².